The van der Waals surface area contributed by atoms with E-state index in [0.29, 0.717) is 12.8 Å². The monoisotopic (exact) mass is 420 g/mol. The molecule has 0 radical (unpaired) electrons. The van der Waals surface area contributed by atoms with Gasteiger partial charge in [0, 0.05) is 3.57 Å². The van der Waals surface area contributed by atoms with Crippen molar-refractivity contribution in [3.05, 3.63) is 40.0 Å². The van der Waals surface area contributed by atoms with Gasteiger partial charge in [-0.05, 0) is 77.2 Å². The van der Waals surface area contributed by atoms with E-state index < -0.39 is 12.1 Å². The van der Waals surface area contributed by atoms with Gasteiger partial charge in [0.15, 0.2) is 0 Å². The van der Waals surface area contributed by atoms with Crippen LogP contribution in [-0.2, 0) is 0 Å². The van der Waals surface area contributed by atoms with Gasteiger partial charge in [-0.15, -0.1) is 0 Å². The lowest BCUT2D eigenvalue weighted by molar-refractivity contribution is -0.185. The van der Waals surface area contributed by atoms with Crippen molar-refractivity contribution in [1.29, 1.82) is 0 Å². The molecule has 0 bridgehead atoms. The molecule has 3 rings (SSSR count). The highest BCUT2D eigenvalue weighted by Crippen LogP contribution is 2.38. The molecule has 1 aliphatic carbocycles. The molecule has 0 saturated heterocycles. The molecule has 0 aromatic heterocycles. The van der Waals surface area contributed by atoms with Gasteiger partial charge in [-0.3, -0.25) is 0 Å². The Morgan fingerprint density at radius 3 is 2.41 bits per heavy atom. The molecule has 22 heavy (non-hydrogen) atoms. The third kappa shape index (κ3) is 3.50. The maximum absolute atomic E-state index is 12.7. The zero-order chi connectivity index (χ0) is 15.7. The fourth-order valence-electron chi connectivity index (χ4n) is 2.99. The molecule has 0 amide bonds. The minimum Gasteiger partial charge on any atom is -0.490 e. The Bertz CT molecular complexity index is 660. The highest BCUT2D eigenvalue weighted by atomic mass is 127. The van der Waals surface area contributed by atoms with Gasteiger partial charge in [-0.1, -0.05) is 18.2 Å². The van der Waals surface area contributed by atoms with E-state index in [2.05, 4.69) is 22.6 Å². The summed E-state index contributed by atoms with van der Waals surface area (Å²) in [6, 6.07) is 11.9. The fourth-order valence-corrected chi connectivity index (χ4v) is 3.66. The highest BCUT2D eigenvalue weighted by molar-refractivity contribution is 14.1. The predicted octanol–water partition coefficient (Wildman–Crippen LogP) is 5.94. The Kier molecular flexibility index (Phi) is 4.52. The van der Waals surface area contributed by atoms with Crippen LogP contribution < -0.4 is 4.74 Å². The van der Waals surface area contributed by atoms with E-state index >= 15 is 0 Å². The van der Waals surface area contributed by atoms with E-state index in [0.717, 1.165) is 20.1 Å². The number of fused-ring (bicyclic) bond motifs is 1. The van der Waals surface area contributed by atoms with Crippen LogP contribution in [0.5, 0.6) is 5.75 Å². The van der Waals surface area contributed by atoms with Gasteiger partial charge in [-0.2, -0.15) is 13.2 Å². The van der Waals surface area contributed by atoms with Crippen molar-refractivity contribution in [1.82, 2.24) is 0 Å². The van der Waals surface area contributed by atoms with Gasteiger partial charge in [0.2, 0.25) is 0 Å². The SMILES string of the molecule is FC(F)(F)[C@H]1CC[C@@H](Oc2ccc3cccc(I)c3c2)CC1. The number of rotatable bonds is 2. The summed E-state index contributed by atoms with van der Waals surface area (Å²) in [6.45, 7) is 0. The molecular weight excluding hydrogens is 404 g/mol. The van der Waals surface area contributed by atoms with E-state index in [4.69, 9.17) is 4.74 Å². The van der Waals surface area contributed by atoms with Crippen LogP contribution in [0.3, 0.4) is 0 Å². The molecule has 118 valence electrons. The maximum atomic E-state index is 12.7. The molecule has 0 atom stereocenters. The lowest BCUT2D eigenvalue weighted by Gasteiger charge is -2.30. The Morgan fingerprint density at radius 2 is 1.73 bits per heavy atom. The molecule has 0 spiro atoms. The standard InChI is InChI=1S/C17H16F3IO/c18-17(19,20)12-5-8-13(9-6-12)22-14-7-4-11-2-1-3-16(21)15(11)10-14/h1-4,7,10,12-13H,5-6,8-9H2/t12-,13+. The average molecular weight is 420 g/mol. The van der Waals surface area contributed by atoms with Crippen molar-refractivity contribution >= 4 is 33.4 Å². The number of hydrogen-bond acceptors (Lipinski definition) is 1. The molecule has 0 N–H and O–H groups in total. The molecule has 2 aromatic carbocycles. The van der Waals surface area contributed by atoms with Gasteiger partial charge in [-0.25, -0.2) is 0 Å². The zero-order valence-corrected chi connectivity index (χ0v) is 14.0. The zero-order valence-electron chi connectivity index (χ0n) is 11.9. The molecule has 1 saturated carbocycles. The number of hydrogen-bond donors (Lipinski definition) is 0. The third-order valence-corrected chi connectivity index (χ3v) is 5.18. The van der Waals surface area contributed by atoms with Crippen LogP contribution in [0.2, 0.25) is 0 Å². The van der Waals surface area contributed by atoms with Crippen molar-refractivity contribution in [2.45, 2.75) is 38.0 Å². The smallest absolute Gasteiger partial charge is 0.391 e. The lowest BCUT2D eigenvalue weighted by atomic mass is 9.87. The van der Waals surface area contributed by atoms with Gasteiger partial charge >= 0.3 is 6.18 Å². The Balaban J connectivity index is 1.68. The summed E-state index contributed by atoms with van der Waals surface area (Å²) < 4.78 is 45.1. The molecule has 0 heterocycles. The Labute approximate surface area is 141 Å². The van der Waals surface area contributed by atoms with E-state index in [1.807, 2.05) is 36.4 Å². The first-order valence-electron chi connectivity index (χ1n) is 7.35. The van der Waals surface area contributed by atoms with Crippen LogP contribution in [-0.4, -0.2) is 12.3 Å². The van der Waals surface area contributed by atoms with Crippen molar-refractivity contribution in [3.63, 3.8) is 0 Å². The van der Waals surface area contributed by atoms with Crippen molar-refractivity contribution in [2.24, 2.45) is 5.92 Å². The fraction of sp³-hybridized carbons (Fsp3) is 0.412. The molecule has 2 aromatic rings. The molecule has 5 heteroatoms. The quantitative estimate of drug-likeness (QED) is 0.547. The van der Waals surface area contributed by atoms with Crippen molar-refractivity contribution < 1.29 is 17.9 Å². The molecule has 1 nitrogen and oxygen atoms in total. The minimum absolute atomic E-state index is 0.113. The molecule has 0 aliphatic heterocycles. The second-order valence-corrected chi connectivity index (χ2v) is 6.92. The Morgan fingerprint density at radius 1 is 1.00 bits per heavy atom. The number of ether oxygens (including phenoxy) is 1. The lowest BCUT2D eigenvalue weighted by Crippen LogP contribution is -2.31. The minimum atomic E-state index is -4.07. The van der Waals surface area contributed by atoms with E-state index in [1.165, 1.54) is 0 Å². The second-order valence-electron chi connectivity index (χ2n) is 5.76. The van der Waals surface area contributed by atoms with E-state index in [-0.39, 0.29) is 18.9 Å². The largest absolute Gasteiger partial charge is 0.490 e. The number of halogens is 4. The average Bonchev–Trinajstić information content (AvgIpc) is 2.48. The normalized spacial score (nSPS) is 22.7. The number of alkyl halides is 3. The summed E-state index contributed by atoms with van der Waals surface area (Å²) in [5.41, 5.74) is 0. The number of benzene rings is 2. The predicted molar refractivity (Wildman–Crippen MR) is 89.1 cm³/mol. The summed E-state index contributed by atoms with van der Waals surface area (Å²) in [7, 11) is 0. The van der Waals surface area contributed by atoms with Gasteiger partial charge in [0.25, 0.3) is 0 Å². The first kappa shape index (κ1) is 15.9. The summed E-state index contributed by atoms with van der Waals surface area (Å²) in [5.74, 6) is -0.419. The van der Waals surface area contributed by atoms with Crippen LogP contribution in [0.25, 0.3) is 10.8 Å². The van der Waals surface area contributed by atoms with Crippen LogP contribution in [0, 0.1) is 9.49 Å². The van der Waals surface area contributed by atoms with Gasteiger partial charge in [0.05, 0.1) is 12.0 Å². The van der Waals surface area contributed by atoms with Crippen molar-refractivity contribution in [2.75, 3.05) is 0 Å². The molecule has 1 aliphatic rings. The topological polar surface area (TPSA) is 9.23 Å². The van der Waals surface area contributed by atoms with Crippen LogP contribution in [0.4, 0.5) is 13.2 Å². The first-order valence-corrected chi connectivity index (χ1v) is 8.43. The van der Waals surface area contributed by atoms with E-state index in [9.17, 15) is 13.2 Å². The van der Waals surface area contributed by atoms with Crippen molar-refractivity contribution in [3.8, 4) is 5.75 Å². The molecule has 1 fully saturated rings. The first-order chi connectivity index (χ1) is 10.4. The Hall–Kier alpha value is -0.980. The van der Waals surface area contributed by atoms with Gasteiger partial charge in [0.1, 0.15) is 5.75 Å². The van der Waals surface area contributed by atoms with Gasteiger partial charge < -0.3 is 4.74 Å². The maximum Gasteiger partial charge on any atom is 0.391 e. The van der Waals surface area contributed by atoms with Crippen LogP contribution in [0.15, 0.2) is 36.4 Å². The summed E-state index contributed by atoms with van der Waals surface area (Å²) in [6.07, 6.45) is -2.91. The summed E-state index contributed by atoms with van der Waals surface area (Å²) in [4.78, 5) is 0. The molecular formula is C17H16F3IO. The van der Waals surface area contributed by atoms with Crippen LogP contribution >= 0.6 is 22.6 Å². The van der Waals surface area contributed by atoms with E-state index in [1.54, 1.807) is 0 Å². The molecule has 0 unspecified atom stereocenters. The third-order valence-electron chi connectivity index (χ3n) is 4.24. The summed E-state index contributed by atoms with van der Waals surface area (Å²) in [5, 5.41) is 2.25. The highest BCUT2D eigenvalue weighted by Gasteiger charge is 2.41. The summed E-state index contributed by atoms with van der Waals surface area (Å²) >= 11 is 2.28. The van der Waals surface area contributed by atoms with Crippen LogP contribution in [0.1, 0.15) is 25.7 Å². The second kappa shape index (κ2) is 6.26.